The summed E-state index contributed by atoms with van der Waals surface area (Å²) in [6, 6.07) is 4.21. The number of hydrogen-bond donors (Lipinski definition) is 1. The molecule has 3 aliphatic rings. The van der Waals surface area contributed by atoms with Crippen LogP contribution in [-0.2, 0) is 6.42 Å². The first-order valence-corrected chi connectivity index (χ1v) is 9.19. The lowest BCUT2D eigenvalue weighted by Crippen LogP contribution is -2.17. The van der Waals surface area contributed by atoms with Gasteiger partial charge >= 0.3 is 0 Å². The van der Waals surface area contributed by atoms with Crippen molar-refractivity contribution in [2.45, 2.75) is 45.1 Å². The second kappa shape index (κ2) is 5.79. The first-order valence-electron chi connectivity index (χ1n) is 9.19. The Morgan fingerprint density at radius 2 is 2.08 bits per heavy atom. The molecule has 7 nitrogen and oxygen atoms in total. The van der Waals surface area contributed by atoms with Gasteiger partial charge in [-0.05, 0) is 31.4 Å². The molecule has 1 aliphatic carbocycles. The normalized spacial score (nSPS) is 15.4. The Morgan fingerprint density at radius 3 is 2.88 bits per heavy atom. The Labute approximate surface area is 150 Å². The van der Waals surface area contributed by atoms with Crippen LogP contribution in [-0.4, -0.2) is 29.1 Å². The van der Waals surface area contributed by atoms with E-state index < -0.39 is 0 Å². The molecular formula is C19H20N6O. The van der Waals surface area contributed by atoms with E-state index in [1.54, 1.807) is 6.20 Å². The number of aromatic amines is 1. The van der Waals surface area contributed by atoms with Gasteiger partial charge in [0.05, 0.1) is 11.6 Å². The molecule has 26 heavy (non-hydrogen) atoms. The summed E-state index contributed by atoms with van der Waals surface area (Å²) in [4.78, 5) is 26.3. The molecule has 7 heteroatoms. The van der Waals surface area contributed by atoms with Crippen LogP contribution in [0.4, 0.5) is 0 Å². The minimum atomic E-state index is -0.219. The fraction of sp³-hybridized carbons (Fsp3) is 0.368. The van der Waals surface area contributed by atoms with Crippen molar-refractivity contribution in [3.8, 4) is 22.8 Å². The number of hydrogen-bond acceptors (Lipinski definition) is 4. The maximum atomic E-state index is 12.8. The SMILES string of the molecule is CCc1[nH]n(C2CCCC2)c2nc(-c3cccn4ccnc34)nc(=O)c1-2. The molecule has 4 heterocycles. The van der Waals surface area contributed by atoms with Gasteiger partial charge in [0, 0.05) is 24.3 Å². The average molecular weight is 348 g/mol. The second-order valence-corrected chi connectivity index (χ2v) is 6.88. The summed E-state index contributed by atoms with van der Waals surface area (Å²) in [5, 5.41) is 3.43. The van der Waals surface area contributed by atoms with E-state index in [2.05, 4.69) is 19.7 Å². The number of H-pyrrole nitrogens is 1. The molecule has 0 bridgehead atoms. The van der Waals surface area contributed by atoms with E-state index in [9.17, 15) is 4.79 Å². The molecular weight excluding hydrogens is 328 g/mol. The van der Waals surface area contributed by atoms with Crippen LogP contribution in [0.15, 0.2) is 35.5 Å². The predicted molar refractivity (Wildman–Crippen MR) is 98.3 cm³/mol. The standard InChI is InChI=1S/C19H20N6O/c1-2-14-15-18(25(23-14)12-6-3-4-7-12)21-16(22-19(15)26)13-8-5-10-24-11-9-20-17(13)24/h5,8-12,23H,2-4,6-7H2,1H3. The highest BCUT2D eigenvalue weighted by Gasteiger charge is 2.28. The number of fused-ring (bicyclic) bond motifs is 2. The van der Waals surface area contributed by atoms with Crippen molar-refractivity contribution in [3.63, 3.8) is 0 Å². The highest BCUT2D eigenvalue weighted by atomic mass is 16.1. The monoisotopic (exact) mass is 348 g/mol. The summed E-state index contributed by atoms with van der Waals surface area (Å²) in [7, 11) is 0. The number of nitrogens with one attached hydrogen (secondary N) is 1. The van der Waals surface area contributed by atoms with Gasteiger partial charge in [-0.25, -0.2) is 9.97 Å². The summed E-state index contributed by atoms with van der Waals surface area (Å²) >= 11 is 0. The van der Waals surface area contributed by atoms with Gasteiger partial charge in [-0.2, -0.15) is 4.98 Å². The predicted octanol–water partition coefficient (Wildman–Crippen LogP) is 3.06. The van der Waals surface area contributed by atoms with Gasteiger partial charge < -0.3 is 4.40 Å². The number of aromatic nitrogens is 6. The third-order valence-electron chi connectivity index (χ3n) is 5.35. The van der Waals surface area contributed by atoms with Crippen LogP contribution in [0.3, 0.4) is 0 Å². The van der Waals surface area contributed by atoms with Gasteiger partial charge in [0.1, 0.15) is 11.2 Å². The molecule has 0 unspecified atom stereocenters. The third-order valence-corrected chi connectivity index (χ3v) is 5.35. The van der Waals surface area contributed by atoms with E-state index in [0.717, 1.165) is 42.0 Å². The molecule has 5 rings (SSSR count). The Balaban J connectivity index is 1.77. The quantitative estimate of drug-likeness (QED) is 0.617. The van der Waals surface area contributed by atoms with Crippen LogP contribution in [0.25, 0.3) is 28.4 Å². The zero-order chi connectivity index (χ0) is 17.7. The fourth-order valence-electron chi connectivity index (χ4n) is 4.05. The van der Waals surface area contributed by atoms with E-state index in [0.29, 0.717) is 17.4 Å². The highest BCUT2D eigenvalue weighted by Crippen LogP contribution is 2.34. The minimum Gasteiger partial charge on any atom is -0.307 e. The number of rotatable bonds is 3. The van der Waals surface area contributed by atoms with Crippen LogP contribution in [0, 0.1) is 0 Å². The maximum Gasteiger partial charge on any atom is 0.284 e. The smallest absolute Gasteiger partial charge is 0.284 e. The van der Waals surface area contributed by atoms with Crippen molar-refractivity contribution in [2.75, 3.05) is 0 Å². The van der Waals surface area contributed by atoms with E-state index in [-0.39, 0.29) is 5.56 Å². The van der Waals surface area contributed by atoms with Gasteiger partial charge in [0.15, 0.2) is 11.6 Å². The van der Waals surface area contributed by atoms with Crippen LogP contribution in [0.1, 0.15) is 44.3 Å². The van der Waals surface area contributed by atoms with Crippen molar-refractivity contribution >= 4 is 5.65 Å². The van der Waals surface area contributed by atoms with E-state index in [1.165, 1.54) is 12.8 Å². The van der Waals surface area contributed by atoms with Gasteiger partial charge in [-0.15, -0.1) is 0 Å². The number of pyridine rings is 1. The molecule has 1 N–H and O–H groups in total. The van der Waals surface area contributed by atoms with Crippen molar-refractivity contribution in [1.29, 1.82) is 0 Å². The van der Waals surface area contributed by atoms with Crippen LogP contribution >= 0.6 is 0 Å². The van der Waals surface area contributed by atoms with Crippen molar-refractivity contribution in [3.05, 3.63) is 46.8 Å². The first kappa shape index (κ1) is 15.3. The topological polar surface area (TPSA) is 80.9 Å². The summed E-state index contributed by atoms with van der Waals surface area (Å²) in [5.74, 6) is 1.16. The van der Waals surface area contributed by atoms with Crippen molar-refractivity contribution in [2.24, 2.45) is 0 Å². The van der Waals surface area contributed by atoms with Crippen LogP contribution in [0.5, 0.6) is 0 Å². The molecule has 0 atom stereocenters. The molecule has 0 saturated heterocycles. The molecule has 1 fully saturated rings. The lowest BCUT2D eigenvalue weighted by atomic mass is 10.1. The molecule has 0 amide bonds. The van der Waals surface area contributed by atoms with Crippen LogP contribution < -0.4 is 5.56 Å². The summed E-state index contributed by atoms with van der Waals surface area (Å²) < 4.78 is 4.01. The Hall–Kier alpha value is -2.96. The average Bonchev–Trinajstić information content (AvgIpc) is 3.39. The van der Waals surface area contributed by atoms with E-state index >= 15 is 0 Å². The molecule has 132 valence electrons. The minimum absolute atomic E-state index is 0.219. The van der Waals surface area contributed by atoms with Crippen molar-refractivity contribution in [1.82, 2.24) is 29.1 Å². The van der Waals surface area contributed by atoms with E-state index in [4.69, 9.17) is 4.98 Å². The summed E-state index contributed by atoms with van der Waals surface area (Å²) in [5.41, 5.74) is 2.85. The molecule has 0 radical (unpaired) electrons. The van der Waals surface area contributed by atoms with Crippen LogP contribution in [0.2, 0.25) is 0 Å². The molecule has 0 aromatic carbocycles. The molecule has 1 saturated carbocycles. The number of nitrogens with zero attached hydrogens (tertiary/aromatic N) is 5. The van der Waals surface area contributed by atoms with E-state index in [1.807, 2.05) is 35.9 Å². The molecule has 2 aromatic heterocycles. The highest BCUT2D eigenvalue weighted by molar-refractivity contribution is 5.74. The Morgan fingerprint density at radius 1 is 1.23 bits per heavy atom. The molecule has 2 aromatic rings. The summed E-state index contributed by atoms with van der Waals surface area (Å²) in [6.45, 7) is 2.04. The Kier molecular flexibility index (Phi) is 3.41. The second-order valence-electron chi connectivity index (χ2n) is 6.88. The summed E-state index contributed by atoms with van der Waals surface area (Å²) in [6.07, 6.45) is 11.0. The zero-order valence-corrected chi connectivity index (χ0v) is 14.6. The molecule has 2 aliphatic heterocycles. The lowest BCUT2D eigenvalue weighted by Gasteiger charge is -2.14. The van der Waals surface area contributed by atoms with Gasteiger partial charge in [0.2, 0.25) is 0 Å². The number of imidazole rings is 1. The lowest BCUT2D eigenvalue weighted by molar-refractivity contribution is 0.464. The zero-order valence-electron chi connectivity index (χ0n) is 14.6. The maximum absolute atomic E-state index is 12.8. The largest absolute Gasteiger partial charge is 0.307 e. The first-order chi connectivity index (χ1) is 12.8. The van der Waals surface area contributed by atoms with Gasteiger partial charge in [-0.3, -0.25) is 14.6 Å². The third kappa shape index (κ3) is 2.20. The number of aryl methyl sites for hydroxylation is 1. The van der Waals surface area contributed by atoms with Gasteiger partial charge in [0.25, 0.3) is 5.56 Å². The molecule has 0 spiro atoms. The Bertz CT molecular complexity index is 1110. The van der Waals surface area contributed by atoms with Gasteiger partial charge in [-0.1, -0.05) is 19.8 Å². The fourth-order valence-corrected chi connectivity index (χ4v) is 4.05. The van der Waals surface area contributed by atoms with Crippen molar-refractivity contribution < 1.29 is 0 Å².